The maximum Gasteiger partial charge on any atom is 0.181 e. The number of fused-ring (bicyclic) bond motifs is 1. The first kappa shape index (κ1) is 12.3. The van der Waals surface area contributed by atoms with E-state index in [9.17, 15) is 10.2 Å². The lowest BCUT2D eigenvalue weighted by Crippen LogP contribution is -2.33. The molecule has 1 saturated heterocycles. The molecular weight excluding hydrogens is 252 g/mol. The van der Waals surface area contributed by atoms with Crippen molar-refractivity contribution in [2.24, 2.45) is 0 Å². The number of anilines is 1. The average molecular weight is 266 g/mol. The standard InChI is InChI=1S/C11H14N4O4/c12-9-5-2-1-3-13-10(5)15(14-9)11-8(18)7(17)6(4-16)19-11/h1-3,6-8,11,16-18H,4H2,(H2,12,14)/t6-,7+,8+,11+/m0/s1. The van der Waals surface area contributed by atoms with Gasteiger partial charge >= 0.3 is 0 Å². The van der Waals surface area contributed by atoms with Crippen LogP contribution in [0.4, 0.5) is 5.82 Å². The van der Waals surface area contributed by atoms with E-state index >= 15 is 0 Å². The van der Waals surface area contributed by atoms with Gasteiger partial charge in [-0.2, -0.15) is 5.10 Å². The quantitative estimate of drug-likeness (QED) is 0.528. The number of aromatic nitrogens is 3. The minimum atomic E-state index is -1.21. The molecular formula is C11H14N4O4. The predicted octanol–water partition coefficient (Wildman–Crippen LogP) is -1.37. The Morgan fingerprint density at radius 1 is 1.37 bits per heavy atom. The van der Waals surface area contributed by atoms with Crippen molar-refractivity contribution in [2.75, 3.05) is 12.3 Å². The number of aliphatic hydroxyl groups excluding tert-OH is 3. The molecule has 2 aromatic heterocycles. The molecule has 0 amide bonds. The van der Waals surface area contributed by atoms with Crippen LogP contribution < -0.4 is 5.73 Å². The number of nitrogens with zero attached hydrogens (tertiary/aromatic N) is 3. The second kappa shape index (κ2) is 4.42. The highest BCUT2D eigenvalue weighted by atomic mass is 16.6. The Labute approximate surface area is 108 Å². The molecule has 3 rings (SSSR count). The van der Waals surface area contributed by atoms with E-state index in [0.29, 0.717) is 11.0 Å². The minimum Gasteiger partial charge on any atom is -0.394 e. The monoisotopic (exact) mass is 266 g/mol. The molecule has 0 aromatic carbocycles. The molecule has 1 aliphatic heterocycles. The zero-order chi connectivity index (χ0) is 13.6. The molecule has 0 unspecified atom stereocenters. The van der Waals surface area contributed by atoms with Gasteiger partial charge in [-0.05, 0) is 12.1 Å². The zero-order valence-electron chi connectivity index (χ0n) is 9.92. The van der Waals surface area contributed by atoms with E-state index < -0.39 is 31.1 Å². The summed E-state index contributed by atoms with van der Waals surface area (Å²) in [5.74, 6) is 0.265. The van der Waals surface area contributed by atoms with Crippen LogP contribution in [0.25, 0.3) is 11.0 Å². The van der Waals surface area contributed by atoms with E-state index in [0.717, 1.165) is 0 Å². The fourth-order valence-electron chi connectivity index (χ4n) is 2.26. The number of hydrogen-bond donors (Lipinski definition) is 4. The van der Waals surface area contributed by atoms with Crippen LogP contribution in [0.15, 0.2) is 18.3 Å². The topological polar surface area (TPSA) is 127 Å². The lowest BCUT2D eigenvalue weighted by atomic mass is 10.1. The number of pyridine rings is 1. The zero-order valence-corrected chi connectivity index (χ0v) is 9.92. The summed E-state index contributed by atoms with van der Waals surface area (Å²) in [5.41, 5.74) is 6.22. The van der Waals surface area contributed by atoms with Gasteiger partial charge in [-0.3, -0.25) is 0 Å². The molecule has 5 N–H and O–H groups in total. The number of hydrogen-bond acceptors (Lipinski definition) is 7. The molecule has 0 aliphatic carbocycles. The fraction of sp³-hybridized carbons (Fsp3) is 0.455. The Morgan fingerprint density at radius 3 is 2.84 bits per heavy atom. The van der Waals surface area contributed by atoms with Crippen LogP contribution in [0.2, 0.25) is 0 Å². The second-order valence-corrected chi connectivity index (χ2v) is 4.43. The second-order valence-electron chi connectivity index (χ2n) is 4.43. The van der Waals surface area contributed by atoms with Gasteiger partial charge in [0, 0.05) is 6.20 Å². The molecule has 1 aliphatic rings. The molecule has 4 atom stereocenters. The van der Waals surface area contributed by atoms with Crippen LogP contribution in [0.3, 0.4) is 0 Å². The molecule has 0 spiro atoms. The fourth-order valence-corrected chi connectivity index (χ4v) is 2.26. The Hall–Kier alpha value is -1.74. The third-order valence-electron chi connectivity index (χ3n) is 3.25. The molecule has 0 bridgehead atoms. The maximum absolute atomic E-state index is 9.97. The molecule has 3 heterocycles. The first-order valence-corrected chi connectivity index (χ1v) is 5.84. The van der Waals surface area contributed by atoms with Crippen molar-refractivity contribution >= 4 is 16.9 Å². The Morgan fingerprint density at radius 2 is 2.16 bits per heavy atom. The normalized spacial score (nSPS) is 31.1. The van der Waals surface area contributed by atoms with Crippen molar-refractivity contribution in [1.29, 1.82) is 0 Å². The third kappa shape index (κ3) is 1.77. The van der Waals surface area contributed by atoms with E-state index in [1.165, 1.54) is 4.68 Å². The number of rotatable bonds is 2. The smallest absolute Gasteiger partial charge is 0.181 e. The Kier molecular flexibility index (Phi) is 2.86. The molecule has 1 fully saturated rings. The largest absolute Gasteiger partial charge is 0.394 e. The van der Waals surface area contributed by atoms with Gasteiger partial charge in [0.25, 0.3) is 0 Å². The van der Waals surface area contributed by atoms with Gasteiger partial charge in [0.05, 0.1) is 12.0 Å². The van der Waals surface area contributed by atoms with E-state index in [2.05, 4.69) is 10.1 Å². The van der Waals surface area contributed by atoms with Crippen molar-refractivity contribution in [3.8, 4) is 0 Å². The van der Waals surface area contributed by atoms with Crippen molar-refractivity contribution in [2.45, 2.75) is 24.5 Å². The molecule has 0 saturated carbocycles. The molecule has 19 heavy (non-hydrogen) atoms. The summed E-state index contributed by atoms with van der Waals surface area (Å²) >= 11 is 0. The van der Waals surface area contributed by atoms with E-state index in [4.69, 9.17) is 15.6 Å². The predicted molar refractivity (Wildman–Crippen MR) is 64.9 cm³/mol. The first-order chi connectivity index (χ1) is 9.13. The van der Waals surface area contributed by atoms with Crippen LogP contribution in [0.5, 0.6) is 0 Å². The molecule has 0 radical (unpaired) electrons. The van der Waals surface area contributed by atoms with Crippen LogP contribution in [0, 0.1) is 0 Å². The minimum absolute atomic E-state index is 0.265. The van der Waals surface area contributed by atoms with Crippen molar-refractivity contribution in [3.63, 3.8) is 0 Å². The van der Waals surface area contributed by atoms with Gasteiger partial charge in [-0.1, -0.05) is 0 Å². The highest BCUT2D eigenvalue weighted by Crippen LogP contribution is 2.32. The third-order valence-corrected chi connectivity index (χ3v) is 3.25. The number of nitrogen functional groups attached to an aromatic ring is 1. The van der Waals surface area contributed by atoms with Gasteiger partial charge in [-0.15, -0.1) is 0 Å². The summed E-state index contributed by atoms with van der Waals surface area (Å²) in [5, 5.41) is 33.5. The van der Waals surface area contributed by atoms with Gasteiger partial charge in [0.15, 0.2) is 17.7 Å². The summed E-state index contributed by atoms with van der Waals surface area (Å²) in [4.78, 5) is 4.14. The van der Waals surface area contributed by atoms with E-state index in [1.54, 1.807) is 18.3 Å². The van der Waals surface area contributed by atoms with Crippen LogP contribution >= 0.6 is 0 Å². The molecule has 2 aromatic rings. The van der Waals surface area contributed by atoms with Crippen molar-refractivity contribution < 1.29 is 20.1 Å². The van der Waals surface area contributed by atoms with E-state index in [-0.39, 0.29) is 5.82 Å². The van der Waals surface area contributed by atoms with Crippen molar-refractivity contribution in [1.82, 2.24) is 14.8 Å². The van der Waals surface area contributed by atoms with Gasteiger partial charge in [0.2, 0.25) is 0 Å². The summed E-state index contributed by atoms with van der Waals surface area (Å²) in [6.07, 6.45) is -2.60. The Bertz CT molecular complexity index is 601. The lowest BCUT2D eigenvalue weighted by Gasteiger charge is -2.15. The SMILES string of the molecule is Nc1nn([C@@H]2O[C@@H](CO)[C@@H](O)[C@H]2O)c2ncccc12. The van der Waals surface area contributed by atoms with E-state index in [1.807, 2.05) is 0 Å². The lowest BCUT2D eigenvalue weighted by molar-refractivity contribution is -0.0565. The van der Waals surface area contributed by atoms with Crippen LogP contribution in [-0.4, -0.2) is 55.0 Å². The number of aliphatic hydroxyl groups is 3. The van der Waals surface area contributed by atoms with Gasteiger partial charge in [0.1, 0.15) is 18.3 Å². The summed E-state index contributed by atoms with van der Waals surface area (Å²) in [6.45, 7) is -0.392. The van der Waals surface area contributed by atoms with Crippen LogP contribution in [0.1, 0.15) is 6.23 Å². The molecule has 8 nitrogen and oxygen atoms in total. The first-order valence-electron chi connectivity index (χ1n) is 5.84. The Balaban J connectivity index is 2.06. The summed E-state index contributed by atoms with van der Waals surface area (Å²) in [7, 11) is 0. The molecule has 102 valence electrons. The summed E-state index contributed by atoms with van der Waals surface area (Å²) < 4.78 is 6.73. The number of ether oxygens (including phenoxy) is 1. The van der Waals surface area contributed by atoms with Gasteiger partial charge < -0.3 is 25.8 Å². The number of nitrogens with two attached hydrogens (primary N) is 1. The highest BCUT2D eigenvalue weighted by Gasteiger charge is 2.44. The van der Waals surface area contributed by atoms with Crippen molar-refractivity contribution in [3.05, 3.63) is 18.3 Å². The van der Waals surface area contributed by atoms with Gasteiger partial charge in [-0.25, -0.2) is 9.67 Å². The highest BCUT2D eigenvalue weighted by molar-refractivity contribution is 5.86. The van der Waals surface area contributed by atoms with Crippen LogP contribution in [-0.2, 0) is 4.74 Å². The summed E-state index contributed by atoms with van der Waals surface area (Å²) in [6, 6.07) is 3.48. The molecule has 8 heteroatoms. The average Bonchev–Trinajstić information content (AvgIpc) is 2.90. The maximum atomic E-state index is 9.97.